The lowest BCUT2D eigenvalue weighted by atomic mass is 10.3. The number of hydrogen-bond acceptors (Lipinski definition) is 7. The molecule has 29 heavy (non-hydrogen) atoms. The molecule has 0 aliphatic carbocycles. The maximum absolute atomic E-state index is 12.6. The van der Waals surface area contributed by atoms with E-state index in [2.05, 4.69) is 10.5 Å². The quantitative estimate of drug-likeness (QED) is 0.619. The molecule has 10 heteroatoms. The van der Waals surface area contributed by atoms with E-state index in [9.17, 15) is 13.2 Å². The zero-order chi connectivity index (χ0) is 20.4. The van der Waals surface area contributed by atoms with Gasteiger partial charge in [-0.1, -0.05) is 23.5 Å². The first-order valence-electron chi connectivity index (χ1n) is 8.93. The minimum atomic E-state index is -3.64. The number of amides is 1. The van der Waals surface area contributed by atoms with Crippen LogP contribution in [0.2, 0.25) is 0 Å². The van der Waals surface area contributed by atoms with Crippen molar-refractivity contribution >= 4 is 37.3 Å². The number of thiazole rings is 1. The SMILES string of the molecule is Cn1/c(=N/NC(=O)CCS(=O)(=O)c2ccc3c(c2)OCCO3)sc2ccccc21. The molecular weight excluding hydrogens is 414 g/mol. The number of aromatic nitrogens is 1. The Labute approximate surface area is 171 Å². The molecule has 0 spiro atoms. The van der Waals surface area contributed by atoms with Crippen molar-refractivity contribution in [3.05, 3.63) is 47.3 Å². The van der Waals surface area contributed by atoms with Crippen LogP contribution >= 0.6 is 11.3 Å². The first-order valence-corrected chi connectivity index (χ1v) is 11.4. The number of carbonyl (C=O) groups excluding carboxylic acids is 1. The van der Waals surface area contributed by atoms with Crippen molar-refractivity contribution in [1.82, 2.24) is 9.99 Å². The van der Waals surface area contributed by atoms with Gasteiger partial charge in [0.05, 0.1) is 20.9 Å². The summed E-state index contributed by atoms with van der Waals surface area (Å²) in [4.78, 5) is 12.9. The lowest BCUT2D eigenvalue weighted by Gasteiger charge is -2.18. The Morgan fingerprint density at radius 1 is 1.17 bits per heavy atom. The average molecular weight is 434 g/mol. The number of benzene rings is 2. The molecule has 0 atom stereocenters. The maximum Gasteiger partial charge on any atom is 0.241 e. The number of sulfone groups is 1. The summed E-state index contributed by atoms with van der Waals surface area (Å²) >= 11 is 1.44. The first-order chi connectivity index (χ1) is 13.9. The Kier molecular flexibility index (Phi) is 5.29. The van der Waals surface area contributed by atoms with E-state index < -0.39 is 15.7 Å². The van der Waals surface area contributed by atoms with Gasteiger partial charge >= 0.3 is 0 Å². The second-order valence-corrected chi connectivity index (χ2v) is 9.55. The fourth-order valence-electron chi connectivity index (χ4n) is 2.92. The summed E-state index contributed by atoms with van der Waals surface area (Å²) < 4.78 is 38.9. The number of para-hydroxylation sites is 1. The molecule has 4 rings (SSSR count). The highest BCUT2D eigenvalue weighted by Crippen LogP contribution is 2.32. The standard InChI is InChI=1S/C19H19N3O5S2/c1-22-14-4-2-3-5-17(14)28-19(22)21-20-18(23)8-11-29(24,25)13-6-7-15-16(12-13)27-10-9-26-15/h2-7,12H,8-11H2,1H3,(H,20,23)/b21-19-. The van der Waals surface area contributed by atoms with Gasteiger partial charge in [0.2, 0.25) is 10.7 Å². The third-order valence-corrected chi connectivity index (χ3v) is 7.29. The van der Waals surface area contributed by atoms with E-state index in [1.54, 1.807) is 6.07 Å². The van der Waals surface area contributed by atoms with Gasteiger partial charge < -0.3 is 14.0 Å². The molecule has 1 aliphatic heterocycles. The van der Waals surface area contributed by atoms with Gasteiger partial charge in [0.15, 0.2) is 21.3 Å². The lowest BCUT2D eigenvalue weighted by Crippen LogP contribution is -2.25. The van der Waals surface area contributed by atoms with Crippen LogP contribution in [-0.4, -0.2) is 37.9 Å². The molecule has 0 radical (unpaired) electrons. The Bertz CT molecular complexity index is 1240. The fourth-order valence-corrected chi connectivity index (χ4v) is 5.15. The van der Waals surface area contributed by atoms with E-state index in [1.807, 2.05) is 35.9 Å². The molecule has 8 nitrogen and oxygen atoms in total. The smallest absolute Gasteiger partial charge is 0.241 e. The fraction of sp³-hybridized carbons (Fsp3) is 0.263. The van der Waals surface area contributed by atoms with Gasteiger partial charge in [0, 0.05) is 19.5 Å². The van der Waals surface area contributed by atoms with Gasteiger partial charge in [0.1, 0.15) is 13.2 Å². The van der Waals surface area contributed by atoms with Crippen LogP contribution in [0.1, 0.15) is 6.42 Å². The predicted octanol–water partition coefficient (Wildman–Crippen LogP) is 1.81. The number of hydrogen-bond donors (Lipinski definition) is 1. The number of fused-ring (bicyclic) bond motifs is 2. The largest absolute Gasteiger partial charge is 0.486 e. The molecule has 0 saturated carbocycles. The Hall–Kier alpha value is -2.85. The number of rotatable bonds is 5. The van der Waals surface area contributed by atoms with Crippen molar-refractivity contribution in [2.45, 2.75) is 11.3 Å². The molecule has 0 bridgehead atoms. The molecule has 1 N–H and O–H groups in total. The highest BCUT2D eigenvalue weighted by Gasteiger charge is 2.20. The molecule has 0 unspecified atom stereocenters. The lowest BCUT2D eigenvalue weighted by molar-refractivity contribution is -0.120. The van der Waals surface area contributed by atoms with E-state index in [4.69, 9.17) is 9.47 Å². The Morgan fingerprint density at radius 2 is 1.93 bits per heavy atom. The van der Waals surface area contributed by atoms with Crippen LogP contribution in [0.5, 0.6) is 11.5 Å². The summed E-state index contributed by atoms with van der Waals surface area (Å²) in [5.74, 6) is 0.118. The highest BCUT2D eigenvalue weighted by molar-refractivity contribution is 7.91. The second-order valence-electron chi connectivity index (χ2n) is 6.43. The number of ether oxygens (including phenoxy) is 2. The Morgan fingerprint density at radius 3 is 2.72 bits per heavy atom. The summed E-state index contributed by atoms with van der Waals surface area (Å²) in [6.07, 6.45) is -0.200. The first kappa shape index (κ1) is 19.5. The normalized spacial score (nSPS) is 14.2. The van der Waals surface area contributed by atoms with Gasteiger partial charge in [0.25, 0.3) is 0 Å². The zero-order valence-electron chi connectivity index (χ0n) is 15.6. The number of nitrogens with zero attached hydrogens (tertiary/aromatic N) is 2. The van der Waals surface area contributed by atoms with Crippen LogP contribution in [0.3, 0.4) is 0 Å². The van der Waals surface area contributed by atoms with Gasteiger partial charge in [-0.05, 0) is 24.3 Å². The van der Waals surface area contributed by atoms with Crippen LogP contribution in [0.15, 0.2) is 52.5 Å². The van der Waals surface area contributed by atoms with E-state index >= 15 is 0 Å². The van der Waals surface area contributed by atoms with Crippen molar-refractivity contribution < 1.29 is 22.7 Å². The topological polar surface area (TPSA) is 99.0 Å². The number of carbonyl (C=O) groups is 1. The van der Waals surface area contributed by atoms with Gasteiger partial charge in [-0.2, -0.15) is 0 Å². The zero-order valence-corrected chi connectivity index (χ0v) is 17.3. The van der Waals surface area contributed by atoms with Gasteiger partial charge in [-0.25, -0.2) is 13.8 Å². The van der Waals surface area contributed by atoms with Crippen LogP contribution in [0.25, 0.3) is 10.2 Å². The summed E-state index contributed by atoms with van der Waals surface area (Å²) in [5.41, 5.74) is 3.45. The second kappa shape index (κ2) is 7.88. The van der Waals surface area contributed by atoms with Crippen molar-refractivity contribution in [3.8, 4) is 11.5 Å². The van der Waals surface area contributed by atoms with Crippen molar-refractivity contribution in [2.24, 2.45) is 12.1 Å². The van der Waals surface area contributed by atoms with E-state index in [0.29, 0.717) is 29.5 Å². The van der Waals surface area contributed by atoms with E-state index in [0.717, 1.165) is 10.2 Å². The third kappa shape index (κ3) is 4.13. The van der Waals surface area contributed by atoms with Gasteiger partial charge in [-0.3, -0.25) is 4.79 Å². The molecule has 152 valence electrons. The number of aryl methyl sites for hydroxylation is 1. The highest BCUT2D eigenvalue weighted by atomic mass is 32.2. The third-order valence-electron chi connectivity index (χ3n) is 4.46. The molecule has 1 aliphatic rings. The Balaban J connectivity index is 1.43. The monoisotopic (exact) mass is 433 g/mol. The predicted molar refractivity (Wildman–Crippen MR) is 109 cm³/mol. The molecule has 0 fully saturated rings. The van der Waals surface area contributed by atoms with Crippen molar-refractivity contribution in [1.29, 1.82) is 0 Å². The summed E-state index contributed by atoms with van der Waals surface area (Å²) in [7, 11) is -1.78. The maximum atomic E-state index is 12.6. The van der Waals surface area contributed by atoms with Crippen molar-refractivity contribution in [3.63, 3.8) is 0 Å². The molecule has 2 heterocycles. The van der Waals surface area contributed by atoms with Crippen LogP contribution in [-0.2, 0) is 21.7 Å². The number of nitrogens with one attached hydrogen (secondary N) is 1. The average Bonchev–Trinajstić information content (AvgIpc) is 3.06. The van der Waals surface area contributed by atoms with Crippen molar-refractivity contribution in [2.75, 3.05) is 19.0 Å². The molecule has 3 aromatic rings. The molecule has 2 aromatic carbocycles. The molecule has 0 saturated heterocycles. The summed E-state index contributed by atoms with van der Waals surface area (Å²) in [6, 6.07) is 12.3. The minimum Gasteiger partial charge on any atom is -0.486 e. The molecule has 1 aromatic heterocycles. The van der Waals surface area contributed by atoms with Crippen LogP contribution < -0.4 is 19.7 Å². The van der Waals surface area contributed by atoms with E-state index in [1.165, 1.54) is 23.5 Å². The van der Waals surface area contributed by atoms with E-state index in [-0.39, 0.29) is 17.1 Å². The van der Waals surface area contributed by atoms with Crippen LogP contribution in [0, 0.1) is 0 Å². The minimum absolute atomic E-state index is 0.0994. The summed E-state index contributed by atoms with van der Waals surface area (Å²) in [5, 5.41) is 4.12. The molecule has 1 amide bonds. The molecular formula is C19H19N3O5S2. The summed E-state index contributed by atoms with van der Waals surface area (Å²) in [6.45, 7) is 0.801. The van der Waals surface area contributed by atoms with Gasteiger partial charge in [-0.15, -0.1) is 5.10 Å². The van der Waals surface area contributed by atoms with Crippen LogP contribution in [0.4, 0.5) is 0 Å².